The lowest BCUT2D eigenvalue weighted by atomic mass is 9.73. The molecule has 15 nitrogen and oxygen atoms in total. The summed E-state index contributed by atoms with van der Waals surface area (Å²) in [5.41, 5.74) is 0.686. The number of nitrogens with zero attached hydrogens (tertiary/aromatic N) is 2. The van der Waals surface area contributed by atoms with E-state index in [0.29, 0.717) is 80.3 Å². The van der Waals surface area contributed by atoms with Crippen LogP contribution in [0.4, 0.5) is 0 Å². The number of nitrogens with one attached hydrogen (secondary N) is 3. The Bertz CT molecular complexity index is 1630. The summed E-state index contributed by atoms with van der Waals surface area (Å²) in [6, 6.07) is 7.50. The van der Waals surface area contributed by atoms with Crippen molar-refractivity contribution in [3.63, 3.8) is 0 Å². The average molecular weight is 710 g/mol. The van der Waals surface area contributed by atoms with E-state index in [2.05, 4.69) is 16.0 Å². The van der Waals surface area contributed by atoms with Crippen LogP contribution in [0.25, 0.3) is 0 Å². The summed E-state index contributed by atoms with van der Waals surface area (Å²) in [6.07, 6.45) is 2.46. The second kappa shape index (κ2) is 16.3. The van der Waals surface area contributed by atoms with Gasteiger partial charge >= 0.3 is 0 Å². The van der Waals surface area contributed by atoms with Gasteiger partial charge in [0.05, 0.1) is 33.5 Å². The summed E-state index contributed by atoms with van der Waals surface area (Å²) in [5.74, 6) is -0.655. The summed E-state index contributed by atoms with van der Waals surface area (Å²) in [4.78, 5) is 69.8. The molecule has 0 aliphatic carbocycles. The molecule has 2 aromatic carbocycles. The van der Waals surface area contributed by atoms with Gasteiger partial charge < -0.3 is 49.8 Å². The number of hydrogen-bond acceptors (Lipinski definition) is 10. The molecule has 2 saturated heterocycles. The van der Waals surface area contributed by atoms with Gasteiger partial charge in [-0.05, 0) is 62.1 Å². The molecule has 2 fully saturated rings. The molecule has 0 aromatic heterocycles. The van der Waals surface area contributed by atoms with Crippen LogP contribution in [0.5, 0.6) is 23.0 Å². The molecular weight excluding hydrogens is 662 g/mol. The fraction of sp³-hybridized carbons (Fsp3) is 0.528. The minimum atomic E-state index is -1.25. The van der Waals surface area contributed by atoms with E-state index >= 15 is 0 Å². The van der Waals surface area contributed by atoms with Crippen molar-refractivity contribution >= 4 is 29.5 Å². The molecule has 0 saturated carbocycles. The molecule has 4 N–H and O–H groups in total. The zero-order valence-corrected chi connectivity index (χ0v) is 29.5. The van der Waals surface area contributed by atoms with E-state index in [1.54, 1.807) is 30.0 Å². The van der Waals surface area contributed by atoms with Crippen molar-refractivity contribution < 1.29 is 48.0 Å². The molecule has 3 aliphatic heterocycles. The van der Waals surface area contributed by atoms with E-state index in [1.807, 2.05) is 18.2 Å². The molecule has 3 heterocycles. The van der Waals surface area contributed by atoms with Crippen LogP contribution in [-0.4, -0.2) is 123 Å². The van der Waals surface area contributed by atoms with Crippen LogP contribution < -0.4 is 34.9 Å². The zero-order chi connectivity index (χ0) is 36.7. The van der Waals surface area contributed by atoms with Gasteiger partial charge in [-0.2, -0.15) is 0 Å². The summed E-state index contributed by atoms with van der Waals surface area (Å²) in [5, 5.41) is 18.4. The minimum Gasteiger partial charge on any atom is -0.496 e. The standard InChI is InChI=1S/C36H47N5O10/c1-22-34(46)41-12-6-9-27(41)33(45)39-26(19-42)32(44)37-21-36(18-23-7-5-8-24(15-23)51-20-31(43)38-22)10-13-40(14-11-36)35(47)25-16-29(49-3)30(50-4)17-28(25)48-2/h5,7-8,15-17,22,26-27,42H,6,9-14,18-21H2,1-4H3,(H,37,44)(H,38,43)(H,39,45)/t22-,26-,27-/m0/s1. The van der Waals surface area contributed by atoms with E-state index in [4.69, 9.17) is 18.9 Å². The SMILES string of the molecule is COc1cc(OC)c(C(=O)N2CCC3(CC2)CNC(=O)[C@H](CO)NC(=O)[C@@H]2CCCN2C(=O)[C@H](C)NC(=O)COc2cccc(c2)C3)cc1OC. The van der Waals surface area contributed by atoms with E-state index < -0.39 is 53.8 Å². The van der Waals surface area contributed by atoms with E-state index in [0.717, 1.165) is 5.56 Å². The van der Waals surface area contributed by atoms with Crippen molar-refractivity contribution in [2.45, 2.75) is 57.2 Å². The summed E-state index contributed by atoms with van der Waals surface area (Å²) in [7, 11) is 4.47. The van der Waals surface area contributed by atoms with Crippen LogP contribution in [0.2, 0.25) is 0 Å². The van der Waals surface area contributed by atoms with Crippen LogP contribution >= 0.6 is 0 Å². The Morgan fingerprint density at radius 1 is 0.941 bits per heavy atom. The Morgan fingerprint density at radius 3 is 2.33 bits per heavy atom. The number of benzene rings is 2. The molecule has 276 valence electrons. The van der Waals surface area contributed by atoms with Gasteiger partial charge in [-0.3, -0.25) is 24.0 Å². The van der Waals surface area contributed by atoms with Crippen LogP contribution in [0.3, 0.4) is 0 Å². The first-order chi connectivity index (χ1) is 24.5. The van der Waals surface area contributed by atoms with Crippen LogP contribution in [-0.2, 0) is 25.6 Å². The molecule has 1 spiro atoms. The molecule has 51 heavy (non-hydrogen) atoms. The summed E-state index contributed by atoms with van der Waals surface area (Å²) >= 11 is 0. The Morgan fingerprint density at radius 2 is 1.65 bits per heavy atom. The Balaban J connectivity index is 1.40. The van der Waals surface area contributed by atoms with Crippen LogP contribution in [0.1, 0.15) is 48.5 Å². The number of aliphatic hydroxyl groups is 1. The number of carbonyl (C=O) groups is 5. The predicted molar refractivity (Wildman–Crippen MR) is 184 cm³/mol. The largest absolute Gasteiger partial charge is 0.496 e. The van der Waals surface area contributed by atoms with E-state index in [1.165, 1.54) is 26.2 Å². The number of carbonyl (C=O) groups excluding carboxylic acids is 5. The van der Waals surface area contributed by atoms with Crippen molar-refractivity contribution in [1.29, 1.82) is 0 Å². The van der Waals surface area contributed by atoms with Gasteiger partial charge in [-0.25, -0.2) is 0 Å². The number of aliphatic hydroxyl groups excluding tert-OH is 1. The highest BCUT2D eigenvalue weighted by atomic mass is 16.5. The topological polar surface area (TPSA) is 185 Å². The third kappa shape index (κ3) is 8.47. The molecule has 2 bridgehead atoms. The van der Waals surface area contributed by atoms with Gasteiger partial charge in [0.15, 0.2) is 18.1 Å². The zero-order valence-electron chi connectivity index (χ0n) is 29.5. The molecular formula is C36H47N5O10. The highest BCUT2D eigenvalue weighted by Crippen LogP contribution is 2.39. The minimum absolute atomic E-state index is 0.193. The molecule has 3 atom stereocenters. The normalized spacial score (nSPS) is 23.0. The summed E-state index contributed by atoms with van der Waals surface area (Å²) < 4.78 is 22.1. The monoisotopic (exact) mass is 709 g/mol. The number of likely N-dealkylation sites (tertiary alicyclic amines) is 1. The predicted octanol–water partition coefficient (Wildman–Crippen LogP) is 0.659. The lowest BCUT2D eigenvalue weighted by Gasteiger charge is -2.42. The summed E-state index contributed by atoms with van der Waals surface area (Å²) in [6.45, 7) is 1.83. The van der Waals surface area contributed by atoms with E-state index in [9.17, 15) is 29.1 Å². The van der Waals surface area contributed by atoms with Crippen molar-refractivity contribution in [3.8, 4) is 23.0 Å². The molecule has 2 aromatic rings. The number of amides is 5. The molecule has 15 heteroatoms. The van der Waals surface area contributed by atoms with Gasteiger partial charge in [-0.1, -0.05) is 12.1 Å². The highest BCUT2D eigenvalue weighted by Gasteiger charge is 2.40. The van der Waals surface area contributed by atoms with Gasteiger partial charge in [0.2, 0.25) is 17.7 Å². The Hall–Kier alpha value is -5.05. The number of hydrogen-bond donors (Lipinski definition) is 4. The van der Waals surface area contributed by atoms with Gasteiger partial charge in [-0.15, -0.1) is 0 Å². The Kier molecular flexibility index (Phi) is 11.9. The van der Waals surface area contributed by atoms with E-state index in [-0.39, 0.29) is 19.1 Å². The fourth-order valence-electron chi connectivity index (χ4n) is 7.05. The maximum Gasteiger partial charge on any atom is 0.258 e. The molecule has 5 rings (SSSR count). The van der Waals surface area contributed by atoms with Gasteiger partial charge in [0.1, 0.15) is 29.6 Å². The lowest BCUT2D eigenvalue weighted by Crippen LogP contribution is -2.57. The smallest absolute Gasteiger partial charge is 0.258 e. The second-order valence-electron chi connectivity index (χ2n) is 13.3. The maximum absolute atomic E-state index is 13.8. The number of rotatable bonds is 5. The first-order valence-electron chi connectivity index (χ1n) is 17.1. The lowest BCUT2D eigenvalue weighted by molar-refractivity contribution is -0.142. The maximum atomic E-state index is 13.8. The van der Waals surface area contributed by atoms with Crippen molar-refractivity contribution in [3.05, 3.63) is 47.5 Å². The van der Waals surface area contributed by atoms with Gasteiger partial charge in [0, 0.05) is 38.3 Å². The fourth-order valence-corrected chi connectivity index (χ4v) is 7.05. The van der Waals surface area contributed by atoms with Gasteiger partial charge in [0.25, 0.3) is 11.8 Å². The Labute approximate surface area is 296 Å². The number of ether oxygens (including phenoxy) is 4. The third-order valence-electron chi connectivity index (χ3n) is 9.93. The quantitative estimate of drug-likeness (QED) is 0.344. The van der Waals surface area contributed by atoms with Crippen LogP contribution in [0, 0.1) is 5.41 Å². The molecule has 3 aliphatic rings. The number of piperidine rings is 1. The molecule has 0 radical (unpaired) electrons. The number of methoxy groups -OCH3 is 3. The van der Waals surface area contributed by atoms with Crippen molar-refractivity contribution in [2.24, 2.45) is 5.41 Å². The average Bonchev–Trinajstić information content (AvgIpc) is 3.64. The first kappa shape index (κ1) is 37.2. The van der Waals surface area contributed by atoms with Crippen LogP contribution in [0.15, 0.2) is 36.4 Å². The second-order valence-corrected chi connectivity index (χ2v) is 13.3. The van der Waals surface area contributed by atoms with Crippen molar-refractivity contribution in [1.82, 2.24) is 25.8 Å². The molecule has 5 amide bonds. The first-order valence-corrected chi connectivity index (χ1v) is 17.1. The van der Waals surface area contributed by atoms with Crippen molar-refractivity contribution in [2.75, 3.05) is 60.7 Å². The third-order valence-corrected chi connectivity index (χ3v) is 9.93. The highest BCUT2D eigenvalue weighted by molar-refractivity contribution is 5.98. The molecule has 0 unspecified atom stereocenters. The number of fused-ring (bicyclic) bond motifs is 3.